The molecule has 0 bridgehead atoms. The average Bonchev–Trinajstić information content (AvgIpc) is 2.76. The third kappa shape index (κ3) is 7.73. The monoisotopic (exact) mass is 449 g/mol. The van der Waals surface area contributed by atoms with Gasteiger partial charge in [0, 0.05) is 12.5 Å². The van der Waals surface area contributed by atoms with Crippen LogP contribution < -0.4 is 5.32 Å². The van der Waals surface area contributed by atoms with E-state index in [1.165, 1.54) is 5.57 Å². The highest BCUT2D eigenvalue weighted by atomic mass is 16.5. The molecule has 3 N–H and O–H groups in total. The number of hydrogen-bond donors (Lipinski definition) is 3. The first kappa shape index (κ1) is 26.6. The molecular formula is C26H43NO5. The average molecular weight is 450 g/mol. The molecule has 6 nitrogen and oxygen atoms in total. The van der Waals surface area contributed by atoms with Crippen LogP contribution in [0.15, 0.2) is 23.8 Å². The second-order valence-electron chi connectivity index (χ2n) is 9.65. The lowest BCUT2D eigenvalue weighted by Gasteiger charge is -2.42. The van der Waals surface area contributed by atoms with E-state index in [4.69, 9.17) is 4.74 Å². The largest absolute Gasteiger partial charge is 0.461 e. The van der Waals surface area contributed by atoms with Crippen molar-refractivity contribution in [3.63, 3.8) is 0 Å². The van der Waals surface area contributed by atoms with Crippen molar-refractivity contribution < 1.29 is 24.5 Å². The summed E-state index contributed by atoms with van der Waals surface area (Å²) in [4.78, 5) is 24.3. The molecule has 7 atom stereocenters. The van der Waals surface area contributed by atoms with Gasteiger partial charge in [-0.05, 0) is 62.4 Å². The predicted octanol–water partition coefficient (Wildman–Crippen LogP) is 3.91. The van der Waals surface area contributed by atoms with Crippen LogP contribution in [0, 0.1) is 23.7 Å². The maximum absolute atomic E-state index is 12.5. The summed E-state index contributed by atoms with van der Waals surface area (Å²) in [5, 5.41) is 23.5. The quantitative estimate of drug-likeness (QED) is 0.393. The number of ether oxygens (including phenoxy) is 1. The summed E-state index contributed by atoms with van der Waals surface area (Å²) in [6.45, 7) is 8.66. The number of carbonyl (C=O) groups is 2. The molecule has 182 valence electrons. The Morgan fingerprint density at radius 2 is 2.00 bits per heavy atom. The van der Waals surface area contributed by atoms with Gasteiger partial charge in [-0.1, -0.05) is 45.9 Å². The molecular weight excluding hydrogens is 406 g/mol. The van der Waals surface area contributed by atoms with Crippen molar-refractivity contribution >= 4 is 11.9 Å². The summed E-state index contributed by atoms with van der Waals surface area (Å²) in [7, 11) is 0. The lowest BCUT2D eigenvalue weighted by molar-refractivity contribution is -0.158. The smallest absolute Gasteiger partial charge is 0.308 e. The topological polar surface area (TPSA) is 95.9 Å². The van der Waals surface area contributed by atoms with Crippen molar-refractivity contribution in [3.8, 4) is 0 Å². The number of fused-ring (bicyclic) bond motifs is 1. The molecule has 1 amide bonds. The number of allylic oxidation sites excluding steroid dienone is 3. The summed E-state index contributed by atoms with van der Waals surface area (Å²) in [5.41, 5.74) is 1.24. The summed E-state index contributed by atoms with van der Waals surface area (Å²) < 4.78 is 5.98. The van der Waals surface area contributed by atoms with Gasteiger partial charge in [-0.15, -0.1) is 0 Å². The number of hydrogen-bond acceptors (Lipinski definition) is 5. The number of rotatable bonds is 12. The molecule has 6 heteroatoms. The number of aliphatic hydroxyl groups excluding tert-OH is 2. The van der Waals surface area contributed by atoms with E-state index in [0.717, 1.165) is 32.1 Å². The van der Waals surface area contributed by atoms with Gasteiger partial charge in [0.25, 0.3) is 0 Å². The van der Waals surface area contributed by atoms with Crippen molar-refractivity contribution in [3.05, 3.63) is 23.8 Å². The Bertz CT molecular complexity index is 673. The third-order valence-electron chi connectivity index (χ3n) is 7.00. The van der Waals surface area contributed by atoms with Crippen molar-refractivity contribution in [1.82, 2.24) is 5.32 Å². The van der Waals surface area contributed by atoms with Gasteiger partial charge in [0.15, 0.2) is 0 Å². The van der Waals surface area contributed by atoms with Gasteiger partial charge in [-0.2, -0.15) is 0 Å². The van der Waals surface area contributed by atoms with Crippen molar-refractivity contribution in [2.45, 2.75) is 97.4 Å². The van der Waals surface area contributed by atoms with Gasteiger partial charge < -0.3 is 20.3 Å². The van der Waals surface area contributed by atoms with Crippen molar-refractivity contribution in [2.75, 3.05) is 6.54 Å². The van der Waals surface area contributed by atoms with E-state index in [1.807, 2.05) is 20.8 Å². The Labute approximate surface area is 193 Å². The van der Waals surface area contributed by atoms with Gasteiger partial charge >= 0.3 is 5.97 Å². The van der Waals surface area contributed by atoms with Gasteiger partial charge in [0.05, 0.1) is 24.5 Å². The highest BCUT2D eigenvalue weighted by Crippen LogP contribution is 2.44. The zero-order valence-corrected chi connectivity index (χ0v) is 20.3. The van der Waals surface area contributed by atoms with E-state index in [9.17, 15) is 19.8 Å². The summed E-state index contributed by atoms with van der Waals surface area (Å²) in [5.74, 6) is 0.327. The van der Waals surface area contributed by atoms with Gasteiger partial charge in [0.1, 0.15) is 6.10 Å². The van der Waals surface area contributed by atoms with E-state index in [0.29, 0.717) is 18.9 Å². The lowest BCUT2D eigenvalue weighted by Crippen LogP contribution is -2.40. The fourth-order valence-electron chi connectivity index (χ4n) is 4.84. The number of nitrogens with one attached hydrogen (secondary N) is 1. The van der Waals surface area contributed by atoms with Crippen LogP contribution in [0.3, 0.4) is 0 Å². The van der Waals surface area contributed by atoms with Crippen molar-refractivity contribution in [1.29, 1.82) is 0 Å². The number of amides is 1. The Kier molecular flexibility index (Phi) is 10.9. The second kappa shape index (κ2) is 13.1. The number of aliphatic hydroxyl groups is 2. The Morgan fingerprint density at radius 3 is 2.69 bits per heavy atom. The fourth-order valence-corrected chi connectivity index (χ4v) is 4.84. The predicted molar refractivity (Wildman–Crippen MR) is 126 cm³/mol. The minimum absolute atomic E-state index is 0.0166. The minimum atomic E-state index is -0.847. The molecule has 2 rings (SSSR count). The van der Waals surface area contributed by atoms with Crippen LogP contribution in [0.5, 0.6) is 0 Å². The molecule has 0 aromatic rings. The maximum atomic E-state index is 12.5. The van der Waals surface area contributed by atoms with Gasteiger partial charge in [-0.3, -0.25) is 9.59 Å². The molecule has 0 spiro atoms. The molecule has 0 aromatic carbocycles. The molecule has 0 radical (unpaired) electrons. The standard InChI is InChI=1S/C26H43NO5/c1-5-14-27-24(30)16-21(29)15-20(28)12-13-22-18(4)10-11-19-8-7-9-23(25(19)22)32-26(31)17(3)6-2/h8,10-11,17-18,20-23,25,28-29H,5-7,9,12-16H2,1-4H3,(H,27,30). The van der Waals surface area contributed by atoms with E-state index in [1.54, 1.807) is 0 Å². The third-order valence-corrected chi connectivity index (χ3v) is 7.00. The second-order valence-corrected chi connectivity index (χ2v) is 9.65. The summed E-state index contributed by atoms with van der Waals surface area (Å²) in [6, 6.07) is 0. The highest BCUT2D eigenvalue weighted by Gasteiger charge is 2.40. The van der Waals surface area contributed by atoms with E-state index in [-0.39, 0.29) is 48.6 Å². The van der Waals surface area contributed by atoms with Crippen LogP contribution >= 0.6 is 0 Å². The zero-order valence-electron chi connectivity index (χ0n) is 20.3. The van der Waals surface area contributed by atoms with Gasteiger partial charge in [-0.25, -0.2) is 0 Å². The molecule has 2 aliphatic carbocycles. The molecule has 0 fully saturated rings. The Morgan fingerprint density at radius 1 is 1.25 bits per heavy atom. The number of carbonyl (C=O) groups excluding carboxylic acids is 2. The minimum Gasteiger partial charge on any atom is -0.461 e. The first-order valence-corrected chi connectivity index (χ1v) is 12.5. The molecule has 0 heterocycles. The molecule has 0 saturated heterocycles. The van der Waals surface area contributed by atoms with Gasteiger partial charge in [0.2, 0.25) is 5.91 Å². The van der Waals surface area contributed by atoms with E-state index in [2.05, 4.69) is 30.5 Å². The first-order valence-electron chi connectivity index (χ1n) is 12.5. The molecule has 32 heavy (non-hydrogen) atoms. The maximum Gasteiger partial charge on any atom is 0.308 e. The molecule has 0 aromatic heterocycles. The normalized spacial score (nSPS) is 27.6. The first-order chi connectivity index (χ1) is 15.3. The van der Waals surface area contributed by atoms with Crippen LogP contribution in [-0.4, -0.2) is 46.9 Å². The summed E-state index contributed by atoms with van der Waals surface area (Å²) >= 11 is 0. The number of esters is 1. The molecule has 0 aliphatic heterocycles. The van der Waals surface area contributed by atoms with E-state index < -0.39 is 12.2 Å². The Hall–Kier alpha value is -1.66. The lowest BCUT2D eigenvalue weighted by atomic mass is 9.66. The molecule has 7 unspecified atom stereocenters. The van der Waals surface area contributed by atoms with E-state index >= 15 is 0 Å². The van der Waals surface area contributed by atoms with Crippen LogP contribution in [0.1, 0.15) is 79.1 Å². The fraction of sp³-hybridized carbons (Fsp3) is 0.769. The summed E-state index contributed by atoms with van der Waals surface area (Å²) in [6.07, 6.45) is 9.89. The van der Waals surface area contributed by atoms with Crippen LogP contribution in [-0.2, 0) is 14.3 Å². The zero-order chi connectivity index (χ0) is 23.7. The highest BCUT2D eigenvalue weighted by molar-refractivity contribution is 5.76. The Balaban J connectivity index is 1.95. The molecule has 2 aliphatic rings. The van der Waals surface area contributed by atoms with Crippen LogP contribution in [0.2, 0.25) is 0 Å². The molecule has 0 saturated carbocycles. The SMILES string of the molecule is CCCNC(=O)CC(O)CC(O)CCC1C(C)C=CC2=CCCC(OC(=O)C(C)CC)C21. The van der Waals surface area contributed by atoms with Crippen LogP contribution in [0.4, 0.5) is 0 Å². The van der Waals surface area contributed by atoms with Crippen molar-refractivity contribution in [2.24, 2.45) is 23.7 Å². The van der Waals surface area contributed by atoms with Crippen LogP contribution in [0.25, 0.3) is 0 Å².